The van der Waals surface area contributed by atoms with Gasteiger partial charge in [0, 0.05) is 6.04 Å². The molecule has 2 atom stereocenters. The molecule has 0 aromatic heterocycles. The average molecular weight is 308 g/mol. The second-order valence-electron chi connectivity index (χ2n) is 4.77. The summed E-state index contributed by atoms with van der Waals surface area (Å²) in [5, 5.41) is 5.07. The minimum atomic E-state index is 0.254. The van der Waals surface area contributed by atoms with Gasteiger partial charge in [0.15, 0.2) is 0 Å². The molecular weight excluding hydrogens is 291 g/mol. The largest absolute Gasteiger partial charge is 0.330 e. The van der Waals surface area contributed by atoms with E-state index in [0.717, 1.165) is 24.9 Å². The highest BCUT2D eigenvalue weighted by Crippen LogP contribution is 2.48. The van der Waals surface area contributed by atoms with Gasteiger partial charge in [0.25, 0.3) is 0 Å². The lowest BCUT2D eigenvalue weighted by atomic mass is 10.0. The summed E-state index contributed by atoms with van der Waals surface area (Å²) >= 11 is 18.5. The van der Waals surface area contributed by atoms with Crippen molar-refractivity contribution >= 4 is 34.8 Å². The second-order valence-corrected chi connectivity index (χ2v) is 5.94. The zero-order chi connectivity index (χ0) is 13.3. The summed E-state index contributed by atoms with van der Waals surface area (Å²) in [5.74, 6) is 0.447. The molecule has 0 radical (unpaired) electrons. The van der Waals surface area contributed by atoms with E-state index in [1.165, 1.54) is 5.56 Å². The van der Waals surface area contributed by atoms with E-state index in [-0.39, 0.29) is 6.04 Å². The molecule has 0 spiro atoms. The third-order valence-electron chi connectivity index (χ3n) is 3.47. The molecule has 0 heterocycles. The molecule has 2 unspecified atom stereocenters. The Kier molecular flexibility index (Phi) is 4.79. The van der Waals surface area contributed by atoms with Gasteiger partial charge in [0.05, 0.1) is 15.1 Å². The van der Waals surface area contributed by atoms with Gasteiger partial charge in [-0.25, -0.2) is 0 Å². The van der Waals surface area contributed by atoms with E-state index in [2.05, 4.69) is 12.2 Å². The minimum absolute atomic E-state index is 0.254. The normalized spacial score (nSPS) is 22.3. The first-order valence-electron chi connectivity index (χ1n) is 6.17. The predicted octanol–water partition coefficient (Wildman–Crippen LogP) is 4.13. The molecule has 100 valence electrons. The van der Waals surface area contributed by atoms with Crippen LogP contribution in [-0.2, 0) is 0 Å². The fourth-order valence-corrected chi connectivity index (χ4v) is 3.31. The van der Waals surface area contributed by atoms with Gasteiger partial charge in [-0.1, -0.05) is 41.7 Å². The summed E-state index contributed by atoms with van der Waals surface area (Å²) in [7, 11) is 0. The van der Waals surface area contributed by atoms with Gasteiger partial charge >= 0.3 is 0 Å². The Morgan fingerprint density at radius 2 is 2.06 bits per heavy atom. The highest BCUT2D eigenvalue weighted by Gasteiger charge is 2.31. The van der Waals surface area contributed by atoms with Gasteiger partial charge in [-0.05, 0) is 49.0 Å². The number of nitrogens with two attached hydrogens (primary N) is 1. The Labute approximate surface area is 123 Å². The van der Waals surface area contributed by atoms with Crippen molar-refractivity contribution in [3.63, 3.8) is 0 Å². The number of hydrogen-bond acceptors (Lipinski definition) is 2. The summed E-state index contributed by atoms with van der Waals surface area (Å²) in [6.45, 7) is 3.77. The quantitative estimate of drug-likeness (QED) is 0.648. The number of halogens is 3. The summed E-state index contributed by atoms with van der Waals surface area (Å²) < 4.78 is 0. The molecule has 5 heteroatoms. The van der Waals surface area contributed by atoms with Crippen LogP contribution in [0.5, 0.6) is 0 Å². The lowest BCUT2D eigenvalue weighted by Gasteiger charge is -2.16. The lowest BCUT2D eigenvalue weighted by Crippen LogP contribution is -2.22. The van der Waals surface area contributed by atoms with Crippen LogP contribution in [0.1, 0.15) is 42.9 Å². The first-order chi connectivity index (χ1) is 8.56. The van der Waals surface area contributed by atoms with Crippen LogP contribution < -0.4 is 11.1 Å². The maximum absolute atomic E-state index is 6.34. The highest BCUT2D eigenvalue weighted by molar-refractivity contribution is 6.48. The maximum Gasteiger partial charge on any atom is 0.0782 e. The van der Waals surface area contributed by atoms with Crippen LogP contribution in [0.3, 0.4) is 0 Å². The first-order valence-corrected chi connectivity index (χ1v) is 7.30. The third kappa shape index (κ3) is 2.63. The number of benzene rings is 1. The van der Waals surface area contributed by atoms with E-state index in [1.54, 1.807) is 0 Å². The number of rotatable bonds is 4. The van der Waals surface area contributed by atoms with E-state index in [1.807, 2.05) is 6.07 Å². The van der Waals surface area contributed by atoms with Crippen LogP contribution in [0.2, 0.25) is 15.1 Å². The van der Waals surface area contributed by atoms with Gasteiger partial charge < -0.3 is 11.1 Å². The minimum Gasteiger partial charge on any atom is -0.330 e. The van der Waals surface area contributed by atoms with Crippen LogP contribution in [-0.4, -0.2) is 13.1 Å². The van der Waals surface area contributed by atoms with Crippen LogP contribution >= 0.6 is 34.8 Å². The van der Waals surface area contributed by atoms with Crippen LogP contribution in [0.25, 0.3) is 0 Å². The van der Waals surface area contributed by atoms with Crippen molar-refractivity contribution in [2.45, 2.75) is 31.7 Å². The summed E-state index contributed by atoms with van der Waals surface area (Å²) in [5.41, 5.74) is 7.82. The SMILES string of the molecule is CC1CC(NCCCN)c2c1cc(Cl)c(Cl)c2Cl. The zero-order valence-electron chi connectivity index (χ0n) is 10.3. The Bertz CT molecular complexity index is 448. The molecule has 1 aliphatic carbocycles. The molecule has 0 amide bonds. The molecule has 0 bridgehead atoms. The van der Waals surface area contributed by atoms with Crippen molar-refractivity contribution < 1.29 is 0 Å². The van der Waals surface area contributed by atoms with Gasteiger partial charge in [-0.15, -0.1) is 0 Å². The van der Waals surface area contributed by atoms with Crippen molar-refractivity contribution in [2.24, 2.45) is 5.73 Å². The molecule has 0 aliphatic heterocycles. The molecular formula is C13H17Cl3N2. The smallest absolute Gasteiger partial charge is 0.0782 e. The van der Waals surface area contributed by atoms with Crippen LogP contribution in [0.4, 0.5) is 0 Å². The Hall–Kier alpha value is 0.01000. The third-order valence-corrected chi connectivity index (χ3v) is 4.75. The Balaban J connectivity index is 2.30. The van der Waals surface area contributed by atoms with Crippen molar-refractivity contribution in [3.05, 3.63) is 32.3 Å². The van der Waals surface area contributed by atoms with Crippen molar-refractivity contribution in [3.8, 4) is 0 Å². The van der Waals surface area contributed by atoms with E-state index in [0.29, 0.717) is 27.5 Å². The van der Waals surface area contributed by atoms with Crippen LogP contribution in [0.15, 0.2) is 6.07 Å². The Morgan fingerprint density at radius 1 is 1.33 bits per heavy atom. The first kappa shape index (κ1) is 14.4. The Morgan fingerprint density at radius 3 is 2.72 bits per heavy atom. The topological polar surface area (TPSA) is 38.0 Å². The van der Waals surface area contributed by atoms with E-state index < -0.39 is 0 Å². The van der Waals surface area contributed by atoms with E-state index in [9.17, 15) is 0 Å². The summed E-state index contributed by atoms with van der Waals surface area (Å²) in [6, 6.07) is 2.20. The van der Waals surface area contributed by atoms with Crippen LogP contribution in [0, 0.1) is 0 Å². The predicted molar refractivity (Wildman–Crippen MR) is 78.9 cm³/mol. The maximum atomic E-state index is 6.34. The molecule has 1 aromatic carbocycles. The molecule has 18 heavy (non-hydrogen) atoms. The summed E-state index contributed by atoms with van der Waals surface area (Å²) in [6.07, 6.45) is 1.98. The molecule has 1 aliphatic rings. The number of nitrogens with one attached hydrogen (secondary N) is 1. The van der Waals surface area contributed by atoms with Gasteiger partial charge in [-0.3, -0.25) is 0 Å². The highest BCUT2D eigenvalue weighted by atomic mass is 35.5. The summed E-state index contributed by atoms with van der Waals surface area (Å²) in [4.78, 5) is 0. The fourth-order valence-electron chi connectivity index (χ4n) is 2.55. The number of fused-ring (bicyclic) bond motifs is 1. The number of hydrogen-bond donors (Lipinski definition) is 2. The van der Waals surface area contributed by atoms with Gasteiger partial charge in [0.1, 0.15) is 0 Å². The van der Waals surface area contributed by atoms with Crippen molar-refractivity contribution in [1.82, 2.24) is 5.32 Å². The van der Waals surface area contributed by atoms with Crippen molar-refractivity contribution in [2.75, 3.05) is 13.1 Å². The molecule has 2 nitrogen and oxygen atoms in total. The zero-order valence-corrected chi connectivity index (χ0v) is 12.5. The lowest BCUT2D eigenvalue weighted by molar-refractivity contribution is 0.500. The van der Waals surface area contributed by atoms with Gasteiger partial charge in [0.2, 0.25) is 0 Å². The average Bonchev–Trinajstić information content (AvgIpc) is 2.64. The van der Waals surface area contributed by atoms with E-state index in [4.69, 9.17) is 40.5 Å². The van der Waals surface area contributed by atoms with Gasteiger partial charge in [-0.2, -0.15) is 0 Å². The van der Waals surface area contributed by atoms with Crippen molar-refractivity contribution in [1.29, 1.82) is 0 Å². The molecule has 0 saturated carbocycles. The molecule has 2 rings (SSSR count). The second kappa shape index (κ2) is 5.98. The van der Waals surface area contributed by atoms with E-state index >= 15 is 0 Å². The molecule has 1 aromatic rings. The fraction of sp³-hybridized carbons (Fsp3) is 0.538. The molecule has 3 N–H and O–H groups in total. The standard InChI is InChI=1S/C13H17Cl3N2/c1-7-5-10(18-4-2-3-17)11-8(7)6-9(14)12(15)13(11)16/h6-7,10,18H,2-5,17H2,1H3. The molecule has 0 saturated heterocycles. The molecule has 0 fully saturated rings. The monoisotopic (exact) mass is 306 g/mol.